The molecule has 4 heteroatoms. The van der Waals surface area contributed by atoms with Gasteiger partial charge >= 0.3 is 0 Å². The van der Waals surface area contributed by atoms with Crippen molar-refractivity contribution in [2.45, 2.75) is 116 Å². The molecule has 0 atom stereocenters. The third-order valence-electron chi connectivity index (χ3n) is 6.76. The predicted molar refractivity (Wildman–Crippen MR) is 129 cm³/mol. The third kappa shape index (κ3) is 16.1. The molecule has 0 saturated carbocycles. The smallest absolute Gasteiger partial charge is 0.219 e. The molecule has 0 radical (unpaired) electrons. The van der Waals surface area contributed by atoms with Gasteiger partial charge in [-0.15, -0.1) is 0 Å². The van der Waals surface area contributed by atoms with Crippen LogP contribution in [0.1, 0.15) is 116 Å². The van der Waals surface area contributed by atoms with E-state index < -0.39 is 0 Å². The van der Waals surface area contributed by atoms with Crippen LogP contribution in [0.2, 0.25) is 0 Å². The van der Waals surface area contributed by atoms with Gasteiger partial charge in [0, 0.05) is 19.4 Å². The second-order valence-corrected chi connectivity index (χ2v) is 9.81. The van der Waals surface area contributed by atoms with Crippen molar-refractivity contribution in [3.05, 3.63) is 0 Å². The first kappa shape index (κ1) is 27.4. The zero-order chi connectivity index (χ0) is 21.8. The summed E-state index contributed by atoms with van der Waals surface area (Å²) < 4.78 is 6.54. The van der Waals surface area contributed by atoms with Crippen LogP contribution in [-0.4, -0.2) is 56.8 Å². The van der Waals surface area contributed by atoms with Crippen LogP contribution in [-0.2, 0) is 9.53 Å². The summed E-state index contributed by atoms with van der Waals surface area (Å²) in [5, 5.41) is 3.11. The van der Waals surface area contributed by atoms with Crippen molar-refractivity contribution in [3.63, 3.8) is 0 Å². The fourth-order valence-electron chi connectivity index (χ4n) is 4.44. The molecule has 0 unspecified atom stereocenters. The van der Waals surface area contributed by atoms with E-state index >= 15 is 0 Å². The highest BCUT2D eigenvalue weighted by atomic mass is 16.5. The summed E-state index contributed by atoms with van der Waals surface area (Å²) >= 11 is 0. The number of rotatable bonds is 20. The molecule has 0 spiro atoms. The first-order valence-electron chi connectivity index (χ1n) is 13.3. The fraction of sp³-hybridized carbons (Fsp3) is 0.962. The lowest BCUT2D eigenvalue weighted by molar-refractivity contribution is -0.916. The highest BCUT2D eigenvalue weighted by Crippen LogP contribution is 2.13. The zero-order valence-corrected chi connectivity index (χ0v) is 20.5. The number of nitrogens with one attached hydrogen (secondary N) is 1. The van der Waals surface area contributed by atoms with Crippen LogP contribution >= 0.6 is 0 Å². The van der Waals surface area contributed by atoms with Gasteiger partial charge in [-0.1, -0.05) is 96.8 Å². The average Bonchev–Trinajstić information content (AvgIpc) is 2.74. The van der Waals surface area contributed by atoms with Gasteiger partial charge in [0.05, 0.1) is 26.8 Å². The minimum atomic E-state index is 0.245. The summed E-state index contributed by atoms with van der Waals surface area (Å²) in [4.78, 5) is 12.0. The first-order chi connectivity index (χ1) is 14.7. The molecule has 1 fully saturated rings. The largest absolute Gasteiger partial charge is 0.370 e. The van der Waals surface area contributed by atoms with Crippen LogP contribution in [0.5, 0.6) is 0 Å². The lowest BCUT2D eigenvalue weighted by atomic mass is 10.0. The number of amides is 1. The Morgan fingerprint density at radius 1 is 0.733 bits per heavy atom. The average molecular weight is 426 g/mol. The van der Waals surface area contributed by atoms with Gasteiger partial charge in [-0.2, -0.15) is 0 Å². The number of quaternary nitrogens is 1. The minimum absolute atomic E-state index is 0.245. The van der Waals surface area contributed by atoms with Gasteiger partial charge in [-0.3, -0.25) is 4.79 Å². The Morgan fingerprint density at radius 3 is 1.70 bits per heavy atom. The number of nitrogens with zero attached hydrogens (tertiary/aromatic N) is 1. The van der Waals surface area contributed by atoms with Crippen molar-refractivity contribution in [1.82, 2.24) is 5.32 Å². The molecule has 0 bridgehead atoms. The van der Waals surface area contributed by atoms with E-state index in [0.29, 0.717) is 6.42 Å². The van der Waals surface area contributed by atoms with E-state index in [0.717, 1.165) is 56.7 Å². The Kier molecular flexibility index (Phi) is 17.5. The summed E-state index contributed by atoms with van der Waals surface area (Å²) in [5.74, 6) is 0.245. The van der Waals surface area contributed by atoms with Crippen LogP contribution < -0.4 is 5.32 Å². The Morgan fingerprint density at radius 2 is 1.20 bits per heavy atom. The van der Waals surface area contributed by atoms with Crippen molar-refractivity contribution < 1.29 is 14.0 Å². The van der Waals surface area contributed by atoms with Crippen LogP contribution in [0.3, 0.4) is 0 Å². The highest BCUT2D eigenvalue weighted by molar-refractivity contribution is 5.75. The number of ether oxygens (including phenoxy) is 1. The Hall–Kier alpha value is -0.610. The molecule has 1 amide bonds. The quantitative estimate of drug-likeness (QED) is 0.185. The van der Waals surface area contributed by atoms with E-state index in [2.05, 4.69) is 19.3 Å². The Labute approximate surface area is 188 Å². The summed E-state index contributed by atoms with van der Waals surface area (Å²) in [6.45, 7) is 8.21. The number of hydrogen-bond acceptors (Lipinski definition) is 2. The van der Waals surface area contributed by atoms with Gasteiger partial charge < -0.3 is 14.5 Å². The molecule has 1 aliphatic heterocycles. The van der Waals surface area contributed by atoms with Crippen LogP contribution in [0.15, 0.2) is 0 Å². The molecule has 0 aromatic heterocycles. The molecule has 0 aromatic carbocycles. The molecule has 4 nitrogen and oxygen atoms in total. The maximum absolute atomic E-state index is 12.0. The van der Waals surface area contributed by atoms with Crippen molar-refractivity contribution in [2.75, 3.05) is 46.4 Å². The van der Waals surface area contributed by atoms with Crippen molar-refractivity contribution >= 4 is 5.91 Å². The van der Waals surface area contributed by atoms with Crippen LogP contribution in [0.4, 0.5) is 0 Å². The summed E-state index contributed by atoms with van der Waals surface area (Å²) in [7, 11) is 2.31. The molecule has 0 aliphatic carbocycles. The highest BCUT2D eigenvalue weighted by Gasteiger charge is 2.24. The zero-order valence-electron chi connectivity index (χ0n) is 20.5. The molecule has 1 N–H and O–H groups in total. The topological polar surface area (TPSA) is 38.3 Å². The number of unbranched alkanes of at least 4 members (excludes halogenated alkanes) is 14. The lowest BCUT2D eigenvalue weighted by Crippen LogP contribution is -2.52. The predicted octanol–water partition coefficient (Wildman–Crippen LogP) is 6.23. The van der Waals surface area contributed by atoms with E-state index in [1.165, 1.54) is 89.9 Å². The second kappa shape index (κ2) is 19.1. The van der Waals surface area contributed by atoms with E-state index in [4.69, 9.17) is 4.74 Å². The summed E-state index contributed by atoms with van der Waals surface area (Å²) in [6.07, 6.45) is 22.3. The maximum atomic E-state index is 12.0. The Bertz CT molecular complexity index is 394. The normalized spacial score (nSPS) is 15.9. The SMILES string of the molecule is CCCCCCCCCCCCCCCCCC(=O)NCCC[N+]1(C)CCOCC1. The molecule has 178 valence electrons. The van der Waals surface area contributed by atoms with Crippen molar-refractivity contribution in [3.8, 4) is 0 Å². The number of hydrogen-bond donors (Lipinski definition) is 1. The molecule has 30 heavy (non-hydrogen) atoms. The van der Waals surface area contributed by atoms with Gasteiger partial charge in [-0.25, -0.2) is 0 Å². The number of carbonyl (C=O) groups excluding carboxylic acids is 1. The number of morpholine rings is 1. The van der Waals surface area contributed by atoms with Gasteiger partial charge in [0.2, 0.25) is 5.91 Å². The first-order valence-corrected chi connectivity index (χ1v) is 13.3. The minimum Gasteiger partial charge on any atom is -0.370 e. The Balaban J connectivity index is 1.76. The maximum Gasteiger partial charge on any atom is 0.219 e. The standard InChI is InChI=1S/C26H52N2O2/c1-3-4-5-6-7-8-9-10-11-12-13-14-15-16-17-19-26(29)27-20-18-21-28(2)22-24-30-25-23-28/h3-25H2,1-2H3/p+1. The van der Waals surface area contributed by atoms with Crippen molar-refractivity contribution in [1.29, 1.82) is 0 Å². The second-order valence-electron chi connectivity index (χ2n) is 9.81. The lowest BCUT2D eigenvalue weighted by Gasteiger charge is -2.37. The monoisotopic (exact) mass is 425 g/mol. The molecule has 1 saturated heterocycles. The van der Waals surface area contributed by atoms with Gasteiger partial charge in [-0.05, 0) is 6.42 Å². The molecule has 1 aliphatic rings. The summed E-state index contributed by atoms with van der Waals surface area (Å²) in [5.41, 5.74) is 0. The van der Waals surface area contributed by atoms with E-state index in [9.17, 15) is 4.79 Å². The van der Waals surface area contributed by atoms with Gasteiger partial charge in [0.25, 0.3) is 0 Å². The summed E-state index contributed by atoms with van der Waals surface area (Å²) in [6, 6.07) is 0. The molecular formula is C26H53N2O2+. The molecule has 1 heterocycles. The van der Waals surface area contributed by atoms with E-state index in [1.807, 2.05) is 0 Å². The number of carbonyl (C=O) groups is 1. The van der Waals surface area contributed by atoms with E-state index in [1.54, 1.807) is 0 Å². The third-order valence-corrected chi connectivity index (χ3v) is 6.76. The fourth-order valence-corrected chi connectivity index (χ4v) is 4.44. The van der Waals surface area contributed by atoms with Crippen LogP contribution in [0.25, 0.3) is 0 Å². The molecular weight excluding hydrogens is 372 g/mol. The van der Waals surface area contributed by atoms with E-state index in [-0.39, 0.29) is 5.91 Å². The van der Waals surface area contributed by atoms with Gasteiger partial charge in [0.1, 0.15) is 13.1 Å². The van der Waals surface area contributed by atoms with Crippen LogP contribution in [0, 0.1) is 0 Å². The van der Waals surface area contributed by atoms with Crippen molar-refractivity contribution in [2.24, 2.45) is 0 Å². The number of likely N-dealkylation sites (N-methyl/N-ethyl adjacent to an activating group) is 1. The molecule has 0 aromatic rings. The molecule has 1 rings (SSSR count). The van der Waals surface area contributed by atoms with Gasteiger partial charge in [0.15, 0.2) is 0 Å².